The van der Waals surface area contributed by atoms with Crippen LogP contribution in [0.1, 0.15) is 15.9 Å². The summed E-state index contributed by atoms with van der Waals surface area (Å²) in [6.07, 6.45) is 0. The molecule has 0 saturated carbocycles. The van der Waals surface area contributed by atoms with Crippen LogP contribution in [0.3, 0.4) is 0 Å². The van der Waals surface area contributed by atoms with Crippen LogP contribution in [0, 0.1) is 0 Å². The van der Waals surface area contributed by atoms with E-state index in [2.05, 4.69) is 10.1 Å². The van der Waals surface area contributed by atoms with Gasteiger partial charge >= 0.3 is 6.61 Å². The van der Waals surface area contributed by atoms with Gasteiger partial charge in [0.2, 0.25) is 0 Å². The Morgan fingerprint density at radius 2 is 1.79 bits per heavy atom. The van der Waals surface area contributed by atoms with Gasteiger partial charge in [0, 0.05) is 20.6 Å². The standard InChI is InChI=1S/C20H22F2N2O5/c1-24(2)18(25)12-28-15-7-5-4-6-14(15)19(26)23-11-13-8-9-16(29-20(21)22)17(10-13)27-3/h4-10,20H,11-12H2,1-3H3,(H,23,26). The van der Waals surface area contributed by atoms with Crippen molar-refractivity contribution in [3.63, 3.8) is 0 Å². The van der Waals surface area contributed by atoms with Gasteiger partial charge in [-0.25, -0.2) is 0 Å². The average molecular weight is 408 g/mol. The molecule has 7 nitrogen and oxygen atoms in total. The number of para-hydroxylation sites is 1. The summed E-state index contributed by atoms with van der Waals surface area (Å²) >= 11 is 0. The zero-order valence-corrected chi connectivity index (χ0v) is 16.3. The van der Waals surface area contributed by atoms with Gasteiger partial charge in [-0.2, -0.15) is 8.78 Å². The van der Waals surface area contributed by atoms with Crippen molar-refractivity contribution in [2.45, 2.75) is 13.2 Å². The molecule has 0 spiro atoms. The minimum atomic E-state index is -2.97. The van der Waals surface area contributed by atoms with E-state index in [0.717, 1.165) is 0 Å². The van der Waals surface area contributed by atoms with E-state index in [1.54, 1.807) is 44.4 Å². The van der Waals surface area contributed by atoms with Crippen LogP contribution in [0.4, 0.5) is 8.78 Å². The molecule has 0 aliphatic carbocycles. The first-order valence-electron chi connectivity index (χ1n) is 8.63. The van der Waals surface area contributed by atoms with E-state index >= 15 is 0 Å². The average Bonchev–Trinajstić information content (AvgIpc) is 2.70. The summed E-state index contributed by atoms with van der Waals surface area (Å²) in [5.74, 6) is -0.341. The number of benzene rings is 2. The SMILES string of the molecule is COc1cc(CNC(=O)c2ccccc2OCC(=O)N(C)C)ccc1OC(F)F. The number of hydrogen-bond donors (Lipinski definition) is 1. The van der Waals surface area contributed by atoms with Crippen LogP contribution in [0.25, 0.3) is 0 Å². The Kier molecular flexibility index (Phi) is 7.76. The highest BCUT2D eigenvalue weighted by Crippen LogP contribution is 2.29. The van der Waals surface area contributed by atoms with Gasteiger partial charge in [0.25, 0.3) is 11.8 Å². The van der Waals surface area contributed by atoms with Crippen LogP contribution in [-0.2, 0) is 11.3 Å². The monoisotopic (exact) mass is 408 g/mol. The van der Waals surface area contributed by atoms with Gasteiger partial charge in [-0.3, -0.25) is 9.59 Å². The number of nitrogens with zero attached hydrogens (tertiary/aromatic N) is 1. The maximum Gasteiger partial charge on any atom is 0.387 e. The van der Waals surface area contributed by atoms with E-state index in [9.17, 15) is 18.4 Å². The fourth-order valence-electron chi connectivity index (χ4n) is 2.34. The van der Waals surface area contributed by atoms with E-state index in [1.165, 1.54) is 24.1 Å². The Morgan fingerprint density at radius 3 is 2.45 bits per heavy atom. The minimum absolute atomic E-state index is 0.0955. The highest BCUT2D eigenvalue weighted by atomic mass is 19.3. The van der Waals surface area contributed by atoms with Crippen LogP contribution in [0.2, 0.25) is 0 Å². The second-order valence-electron chi connectivity index (χ2n) is 6.12. The van der Waals surface area contributed by atoms with Crippen molar-refractivity contribution in [1.82, 2.24) is 10.2 Å². The number of carbonyl (C=O) groups excluding carboxylic acids is 2. The molecule has 0 unspecified atom stereocenters. The summed E-state index contributed by atoms with van der Waals surface area (Å²) in [4.78, 5) is 25.6. The van der Waals surface area contributed by atoms with Crippen molar-refractivity contribution in [3.05, 3.63) is 53.6 Å². The normalized spacial score (nSPS) is 10.4. The maximum absolute atomic E-state index is 12.5. The van der Waals surface area contributed by atoms with Crippen LogP contribution in [0.5, 0.6) is 17.2 Å². The molecule has 2 amide bonds. The molecule has 0 radical (unpaired) electrons. The molecule has 0 aliphatic heterocycles. The smallest absolute Gasteiger partial charge is 0.387 e. The molecule has 0 aliphatic rings. The highest BCUT2D eigenvalue weighted by Gasteiger charge is 2.15. The molecule has 2 aromatic rings. The third kappa shape index (κ3) is 6.34. The zero-order chi connectivity index (χ0) is 21.4. The van der Waals surface area contributed by atoms with E-state index in [1.807, 2.05) is 0 Å². The lowest BCUT2D eigenvalue weighted by atomic mass is 10.1. The van der Waals surface area contributed by atoms with Crippen LogP contribution < -0.4 is 19.5 Å². The molecule has 0 saturated heterocycles. The lowest BCUT2D eigenvalue weighted by molar-refractivity contribution is -0.130. The lowest BCUT2D eigenvalue weighted by Gasteiger charge is -2.14. The first-order chi connectivity index (χ1) is 13.8. The molecule has 1 N–H and O–H groups in total. The molecule has 2 rings (SSSR count). The summed E-state index contributed by atoms with van der Waals surface area (Å²) < 4.78 is 39.7. The third-order valence-electron chi connectivity index (χ3n) is 3.88. The van der Waals surface area contributed by atoms with Crippen molar-refractivity contribution in [2.75, 3.05) is 27.8 Å². The Balaban J connectivity index is 2.05. The number of nitrogens with one attached hydrogen (secondary N) is 1. The quantitative estimate of drug-likeness (QED) is 0.690. The number of carbonyl (C=O) groups is 2. The van der Waals surface area contributed by atoms with Gasteiger partial charge in [0.15, 0.2) is 18.1 Å². The first kappa shape index (κ1) is 21.9. The van der Waals surface area contributed by atoms with Gasteiger partial charge in [-0.15, -0.1) is 0 Å². The van der Waals surface area contributed by atoms with Gasteiger partial charge in [0.1, 0.15) is 5.75 Å². The summed E-state index contributed by atoms with van der Waals surface area (Å²) in [5, 5.41) is 2.72. The topological polar surface area (TPSA) is 77.1 Å². The van der Waals surface area contributed by atoms with Crippen molar-refractivity contribution in [3.8, 4) is 17.2 Å². The van der Waals surface area contributed by atoms with E-state index < -0.39 is 12.5 Å². The van der Waals surface area contributed by atoms with Crippen molar-refractivity contribution in [1.29, 1.82) is 0 Å². The molecule has 0 fully saturated rings. The number of rotatable bonds is 9. The number of ether oxygens (including phenoxy) is 3. The number of methoxy groups -OCH3 is 1. The molecule has 156 valence electrons. The molecule has 0 heterocycles. The molecule has 0 atom stereocenters. The highest BCUT2D eigenvalue weighted by molar-refractivity contribution is 5.97. The summed E-state index contributed by atoms with van der Waals surface area (Å²) in [5.41, 5.74) is 0.890. The Morgan fingerprint density at radius 1 is 1.07 bits per heavy atom. The zero-order valence-electron chi connectivity index (χ0n) is 16.3. The summed E-state index contributed by atoms with van der Waals surface area (Å²) in [6.45, 7) is -3.04. The van der Waals surface area contributed by atoms with Crippen molar-refractivity contribution >= 4 is 11.8 Å². The molecule has 29 heavy (non-hydrogen) atoms. The van der Waals surface area contributed by atoms with Crippen molar-refractivity contribution < 1.29 is 32.6 Å². The third-order valence-corrected chi connectivity index (χ3v) is 3.88. The predicted octanol–water partition coefficient (Wildman–Crippen LogP) is 2.69. The van der Waals surface area contributed by atoms with Gasteiger partial charge < -0.3 is 24.4 Å². The maximum atomic E-state index is 12.5. The van der Waals surface area contributed by atoms with E-state index in [4.69, 9.17) is 9.47 Å². The Bertz CT molecular complexity index is 859. The van der Waals surface area contributed by atoms with E-state index in [0.29, 0.717) is 5.56 Å². The molecular weight excluding hydrogens is 386 g/mol. The number of halogens is 2. The van der Waals surface area contributed by atoms with Crippen molar-refractivity contribution in [2.24, 2.45) is 0 Å². The molecular formula is C20H22F2N2O5. The fourth-order valence-corrected chi connectivity index (χ4v) is 2.34. The number of amides is 2. The number of hydrogen-bond acceptors (Lipinski definition) is 5. The molecule has 0 aromatic heterocycles. The van der Waals surface area contributed by atoms with Crippen LogP contribution in [-0.4, -0.2) is 51.1 Å². The fraction of sp³-hybridized carbons (Fsp3) is 0.300. The molecule has 9 heteroatoms. The van der Waals surface area contributed by atoms with Crippen LogP contribution >= 0.6 is 0 Å². The predicted molar refractivity (Wildman–Crippen MR) is 101 cm³/mol. The van der Waals surface area contributed by atoms with Gasteiger partial charge in [0.05, 0.1) is 12.7 Å². The second-order valence-corrected chi connectivity index (χ2v) is 6.12. The first-order valence-corrected chi connectivity index (χ1v) is 8.63. The Hall–Kier alpha value is -3.36. The lowest BCUT2D eigenvalue weighted by Crippen LogP contribution is -2.28. The Labute approximate surface area is 167 Å². The minimum Gasteiger partial charge on any atom is -0.493 e. The summed E-state index contributed by atoms with van der Waals surface area (Å²) in [6, 6.07) is 10.9. The summed E-state index contributed by atoms with van der Waals surface area (Å²) in [7, 11) is 4.55. The van der Waals surface area contributed by atoms with Crippen LogP contribution in [0.15, 0.2) is 42.5 Å². The van der Waals surface area contributed by atoms with Gasteiger partial charge in [-0.1, -0.05) is 18.2 Å². The van der Waals surface area contributed by atoms with Gasteiger partial charge in [-0.05, 0) is 29.8 Å². The number of alkyl halides is 2. The molecule has 0 bridgehead atoms. The number of likely N-dealkylation sites (N-methyl/N-ethyl adjacent to an activating group) is 1. The largest absolute Gasteiger partial charge is 0.493 e. The molecule has 2 aromatic carbocycles. The van der Waals surface area contributed by atoms with E-state index in [-0.39, 0.29) is 41.9 Å². The second kappa shape index (κ2) is 10.3.